The van der Waals surface area contributed by atoms with Crippen molar-refractivity contribution in [3.8, 4) is 0 Å². The summed E-state index contributed by atoms with van der Waals surface area (Å²) in [5.74, 6) is -0.0390. The van der Waals surface area contributed by atoms with E-state index in [9.17, 15) is 4.79 Å². The summed E-state index contributed by atoms with van der Waals surface area (Å²) >= 11 is 0. The largest absolute Gasteiger partial charge is 0.292 e. The SMILES string of the molecule is CCn1nc(C)cc1CC(=O)c1cnc2ccccc2n1. The molecule has 21 heavy (non-hydrogen) atoms. The molecule has 0 amide bonds. The van der Waals surface area contributed by atoms with Gasteiger partial charge in [0.1, 0.15) is 5.69 Å². The molecule has 2 aromatic heterocycles. The molecule has 2 heterocycles. The lowest BCUT2D eigenvalue weighted by atomic mass is 10.1. The van der Waals surface area contributed by atoms with E-state index in [1.165, 1.54) is 0 Å². The maximum absolute atomic E-state index is 12.4. The minimum absolute atomic E-state index is 0.0390. The predicted molar refractivity (Wildman–Crippen MR) is 80.2 cm³/mol. The van der Waals surface area contributed by atoms with E-state index < -0.39 is 0 Å². The molecular formula is C16H16N4O. The summed E-state index contributed by atoms with van der Waals surface area (Å²) in [6.07, 6.45) is 1.84. The number of fused-ring (bicyclic) bond motifs is 1. The first-order valence-electron chi connectivity index (χ1n) is 6.95. The number of hydrogen-bond acceptors (Lipinski definition) is 4. The van der Waals surface area contributed by atoms with Crippen molar-refractivity contribution in [1.29, 1.82) is 0 Å². The summed E-state index contributed by atoms with van der Waals surface area (Å²) in [6.45, 7) is 4.69. The molecule has 0 unspecified atom stereocenters. The van der Waals surface area contributed by atoms with Gasteiger partial charge < -0.3 is 0 Å². The van der Waals surface area contributed by atoms with E-state index in [2.05, 4.69) is 15.1 Å². The third kappa shape index (κ3) is 2.67. The lowest BCUT2D eigenvalue weighted by molar-refractivity contribution is 0.0986. The molecule has 0 N–H and O–H groups in total. The van der Waals surface area contributed by atoms with Gasteiger partial charge in [0.2, 0.25) is 0 Å². The summed E-state index contributed by atoms with van der Waals surface area (Å²) in [7, 11) is 0. The number of carbonyl (C=O) groups excluding carboxylic acids is 1. The molecule has 0 aliphatic rings. The topological polar surface area (TPSA) is 60.7 Å². The Balaban J connectivity index is 1.89. The van der Waals surface area contributed by atoms with E-state index in [4.69, 9.17) is 0 Å². The number of aromatic nitrogens is 4. The molecule has 0 spiro atoms. The van der Waals surface area contributed by atoms with E-state index in [0.29, 0.717) is 12.1 Å². The summed E-state index contributed by atoms with van der Waals surface area (Å²) in [4.78, 5) is 21.1. The Morgan fingerprint density at radius 1 is 1.24 bits per heavy atom. The molecule has 5 nitrogen and oxygen atoms in total. The highest BCUT2D eigenvalue weighted by atomic mass is 16.1. The van der Waals surface area contributed by atoms with Crippen LogP contribution in [0.3, 0.4) is 0 Å². The highest BCUT2D eigenvalue weighted by Gasteiger charge is 2.13. The van der Waals surface area contributed by atoms with Crippen molar-refractivity contribution in [2.24, 2.45) is 0 Å². The molecule has 0 saturated heterocycles. The van der Waals surface area contributed by atoms with Crippen LogP contribution in [0.2, 0.25) is 0 Å². The van der Waals surface area contributed by atoms with E-state index in [0.717, 1.165) is 29.0 Å². The van der Waals surface area contributed by atoms with Gasteiger partial charge in [0.15, 0.2) is 5.78 Å². The van der Waals surface area contributed by atoms with Crippen molar-refractivity contribution in [3.05, 3.63) is 53.6 Å². The Bertz CT molecular complexity index is 807. The van der Waals surface area contributed by atoms with Gasteiger partial charge in [-0.3, -0.25) is 14.5 Å². The normalized spacial score (nSPS) is 11.0. The zero-order chi connectivity index (χ0) is 14.8. The van der Waals surface area contributed by atoms with Crippen molar-refractivity contribution in [3.63, 3.8) is 0 Å². The van der Waals surface area contributed by atoms with Crippen LogP contribution in [0, 0.1) is 6.92 Å². The van der Waals surface area contributed by atoms with Crippen LogP contribution in [0.1, 0.15) is 28.8 Å². The summed E-state index contributed by atoms with van der Waals surface area (Å²) in [5.41, 5.74) is 3.77. The number of ketones is 1. The van der Waals surface area contributed by atoms with Crippen LogP contribution < -0.4 is 0 Å². The molecule has 0 radical (unpaired) electrons. The van der Waals surface area contributed by atoms with Crippen molar-refractivity contribution in [1.82, 2.24) is 19.7 Å². The summed E-state index contributed by atoms with van der Waals surface area (Å²) in [5, 5.41) is 4.35. The number of benzene rings is 1. The monoisotopic (exact) mass is 280 g/mol. The zero-order valence-corrected chi connectivity index (χ0v) is 12.1. The second-order valence-electron chi connectivity index (χ2n) is 4.94. The smallest absolute Gasteiger partial charge is 0.188 e. The molecule has 0 atom stereocenters. The third-order valence-corrected chi connectivity index (χ3v) is 3.36. The highest BCUT2D eigenvalue weighted by molar-refractivity contribution is 5.96. The molecule has 106 valence electrons. The van der Waals surface area contributed by atoms with Gasteiger partial charge in [0, 0.05) is 12.2 Å². The fourth-order valence-electron chi connectivity index (χ4n) is 2.36. The van der Waals surface area contributed by atoms with Crippen LogP contribution in [-0.4, -0.2) is 25.5 Å². The number of hydrogen-bond donors (Lipinski definition) is 0. The van der Waals surface area contributed by atoms with Gasteiger partial charge in [0.05, 0.1) is 29.3 Å². The Hall–Kier alpha value is -2.56. The summed E-state index contributed by atoms with van der Waals surface area (Å²) in [6, 6.07) is 9.48. The maximum Gasteiger partial charge on any atom is 0.188 e. The molecular weight excluding hydrogens is 264 g/mol. The van der Waals surface area contributed by atoms with Crippen LogP contribution in [0.5, 0.6) is 0 Å². The lowest BCUT2D eigenvalue weighted by Crippen LogP contribution is -2.11. The number of Topliss-reactive ketones (excluding diaryl/α,β-unsaturated/α-hetero) is 1. The fraction of sp³-hybridized carbons (Fsp3) is 0.250. The number of para-hydroxylation sites is 2. The Morgan fingerprint density at radius 2 is 2.00 bits per heavy atom. The molecule has 1 aromatic carbocycles. The maximum atomic E-state index is 12.4. The van der Waals surface area contributed by atoms with Gasteiger partial charge in [0.25, 0.3) is 0 Å². The van der Waals surface area contributed by atoms with Crippen LogP contribution >= 0.6 is 0 Å². The van der Waals surface area contributed by atoms with Crippen molar-refractivity contribution in [2.45, 2.75) is 26.8 Å². The second kappa shape index (κ2) is 5.44. The summed E-state index contributed by atoms with van der Waals surface area (Å²) < 4.78 is 1.85. The quantitative estimate of drug-likeness (QED) is 0.689. The van der Waals surface area contributed by atoms with Crippen molar-refractivity contribution >= 4 is 16.8 Å². The average molecular weight is 280 g/mol. The number of carbonyl (C=O) groups is 1. The van der Waals surface area contributed by atoms with Crippen LogP contribution in [-0.2, 0) is 13.0 Å². The Labute approximate surface area is 122 Å². The molecule has 5 heteroatoms. The number of nitrogens with zero attached hydrogens (tertiary/aromatic N) is 4. The number of rotatable bonds is 4. The van der Waals surface area contributed by atoms with Crippen LogP contribution in [0.15, 0.2) is 36.5 Å². The van der Waals surface area contributed by atoms with E-state index in [1.807, 2.05) is 48.9 Å². The highest BCUT2D eigenvalue weighted by Crippen LogP contribution is 2.12. The van der Waals surface area contributed by atoms with Gasteiger partial charge in [-0.1, -0.05) is 12.1 Å². The molecule has 0 saturated carbocycles. The first-order valence-corrected chi connectivity index (χ1v) is 6.95. The zero-order valence-electron chi connectivity index (χ0n) is 12.1. The fourth-order valence-corrected chi connectivity index (χ4v) is 2.36. The van der Waals surface area contributed by atoms with Gasteiger partial charge >= 0.3 is 0 Å². The molecule has 0 aliphatic carbocycles. The third-order valence-electron chi connectivity index (χ3n) is 3.36. The van der Waals surface area contributed by atoms with Gasteiger partial charge in [-0.05, 0) is 32.0 Å². The average Bonchev–Trinajstić information content (AvgIpc) is 2.86. The van der Waals surface area contributed by atoms with Gasteiger partial charge in [-0.2, -0.15) is 5.10 Å². The number of aryl methyl sites for hydroxylation is 2. The minimum Gasteiger partial charge on any atom is -0.292 e. The first-order chi connectivity index (χ1) is 10.2. The van der Waals surface area contributed by atoms with Crippen molar-refractivity contribution < 1.29 is 4.79 Å². The van der Waals surface area contributed by atoms with Gasteiger partial charge in [-0.15, -0.1) is 0 Å². The van der Waals surface area contributed by atoms with Crippen LogP contribution in [0.4, 0.5) is 0 Å². The molecule has 0 bridgehead atoms. The first kappa shape index (κ1) is 13.4. The van der Waals surface area contributed by atoms with Gasteiger partial charge in [-0.25, -0.2) is 4.98 Å². The molecule has 3 rings (SSSR count). The van der Waals surface area contributed by atoms with Crippen molar-refractivity contribution in [2.75, 3.05) is 0 Å². The molecule has 3 aromatic rings. The Kier molecular flexibility index (Phi) is 3.48. The second-order valence-corrected chi connectivity index (χ2v) is 4.94. The Morgan fingerprint density at radius 3 is 2.76 bits per heavy atom. The lowest BCUT2D eigenvalue weighted by Gasteiger charge is -2.04. The molecule has 0 aliphatic heterocycles. The van der Waals surface area contributed by atoms with Crippen LogP contribution in [0.25, 0.3) is 11.0 Å². The minimum atomic E-state index is -0.0390. The standard InChI is InChI=1S/C16H16N4O/c1-3-20-12(8-11(2)19-20)9-16(21)15-10-17-13-6-4-5-7-14(13)18-15/h4-8,10H,3,9H2,1-2H3. The predicted octanol–water partition coefficient (Wildman–Crippen LogP) is 2.58. The van der Waals surface area contributed by atoms with E-state index in [-0.39, 0.29) is 5.78 Å². The van der Waals surface area contributed by atoms with E-state index in [1.54, 1.807) is 6.20 Å². The van der Waals surface area contributed by atoms with E-state index >= 15 is 0 Å². The molecule has 0 fully saturated rings.